The number of ether oxygens (including phenoxy) is 1. The summed E-state index contributed by atoms with van der Waals surface area (Å²) in [4.78, 5) is 27.2. The Morgan fingerprint density at radius 2 is 1.93 bits per heavy atom. The summed E-state index contributed by atoms with van der Waals surface area (Å²) in [5.41, 5.74) is 0. The molecule has 0 aromatic carbocycles. The molecule has 1 aromatic heterocycles. The van der Waals surface area contributed by atoms with Crippen molar-refractivity contribution in [3.05, 3.63) is 11.6 Å². The third kappa shape index (κ3) is 4.14. The smallest absolute Gasteiger partial charge is 0.227 e. The second-order valence-electron chi connectivity index (χ2n) is 7.58. The van der Waals surface area contributed by atoms with Gasteiger partial charge in [0.05, 0.1) is 31.6 Å². The van der Waals surface area contributed by atoms with Crippen LogP contribution in [0.3, 0.4) is 0 Å². The topological polar surface area (TPSA) is 101 Å². The largest absolute Gasteiger partial charge is 0.378 e. The van der Waals surface area contributed by atoms with Gasteiger partial charge in [-0.15, -0.1) is 10.2 Å². The quantitative estimate of drug-likeness (QED) is 0.722. The molecule has 4 rings (SSSR count). The van der Waals surface area contributed by atoms with E-state index in [0.29, 0.717) is 52.4 Å². The summed E-state index contributed by atoms with van der Waals surface area (Å²) < 4.78 is 7.44. The Hall–Kier alpha value is -2.00. The number of morpholine rings is 1. The van der Waals surface area contributed by atoms with Crippen LogP contribution in [0.25, 0.3) is 0 Å². The molecule has 0 unspecified atom stereocenters. The van der Waals surface area contributed by atoms with E-state index in [1.807, 2.05) is 4.90 Å². The van der Waals surface area contributed by atoms with Crippen LogP contribution in [-0.2, 0) is 33.8 Å². The van der Waals surface area contributed by atoms with Crippen LogP contribution in [-0.4, -0.2) is 70.9 Å². The Labute approximate surface area is 158 Å². The summed E-state index contributed by atoms with van der Waals surface area (Å²) in [5, 5.41) is 14.7. The number of fused-ring (bicyclic) bond motifs is 1. The van der Waals surface area contributed by atoms with Crippen LogP contribution in [0.1, 0.15) is 30.9 Å². The van der Waals surface area contributed by atoms with E-state index in [1.165, 1.54) is 0 Å². The van der Waals surface area contributed by atoms with E-state index >= 15 is 0 Å². The highest BCUT2D eigenvalue weighted by molar-refractivity contribution is 5.83. The highest BCUT2D eigenvalue weighted by atomic mass is 16.5. The zero-order valence-electron chi connectivity index (χ0n) is 15.7. The number of carbonyl (C=O) groups is 2. The van der Waals surface area contributed by atoms with Gasteiger partial charge in [-0.2, -0.15) is 0 Å². The highest BCUT2D eigenvalue weighted by Gasteiger charge is 2.33. The van der Waals surface area contributed by atoms with Crippen molar-refractivity contribution >= 4 is 11.8 Å². The number of nitrogens with zero attached hydrogens (tertiary/aromatic N) is 4. The van der Waals surface area contributed by atoms with E-state index in [0.717, 1.165) is 37.5 Å². The zero-order valence-corrected chi connectivity index (χ0v) is 15.7. The van der Waals surface area contributed by atoms with Gasteiger partial charge in [0.2, 0.25) is 11.8 Å². The molecule has 0 aliphatic carbocycles. The van der Waals surface area contributed by atoms with E-state index in [-0.39, 0.29) is 23.7 Å². The van der Waals surface area contributed by atoms with Crippen molar-refractivity contribution in [2.75, 3.05) is 39.4 Å². The van der Waals surface area contributed by atoms with Gasteiger partial charge >= 0.3 is 0 Å². The number of hydrogen-bond acceptors (Lipinski definition) is 6. The van der Waals surface area contributed by atoms with Crippen molar-refractivity contribution in [3.63, 3.8) is 0 Å². The summed E-state index contributed by atoms with van der Waals surface area (Å²) in [6.45, 7) is 5.04. The van der Waals surface area contributed by atoms with Gasteiger partial charge in [0.1, 0.15) is 5.82 Å². The van der Waals surface area contributed by atoms with Crippen LogP contribution < -0.4 is 10.6 Å². The summed E-state index contributed by atoms with van der Waals surface area (Å²) in [6.07, 6.45) is 3.83. The van der Waals surface area contributed by atoms with Crippen molar-refractivity contribution in [1.29, 1.82) is 0 Å². The van der Waals surface area contributed by atoms with E-state index < -0.39 is 0 Å². The van der Waals surface area contributed by atoms with Crippen molar-refractivity contribution < 1.29 is 14.3 Å². The summed E-state index contributed by atoms with van der Waals surface area (Å²) in [5.74, 6) is 1.61. The van der Waals surface area contributed by atoms with Gasteiger partial charge in [-0.25, -0.2) is 0 Å². The molecule has 0 spiro atoms. The molecule has 2 atom stereocenters. The van der Waals surface area contributed by atoms with E-state index in [9.17, 15) is 9.59 Å². The van der Waals surface area contributed by atoms with Crippen LogP contribution in [0.15, 0.2) is 0 Å². The second-order valence-corrected chi connectivity index (χ2v) is 7.58. The first-order valence-electron chi connectivity index (χ1n) is 9.98. The van der Waals surface area contributed by atoms with Crippen molar-refractivity contribution in [2.45, 2.75) is 38.8 Å². The molecule has 148 valence electrons. The van der Waals surface area contributed by atoms with Crippen LogP contribution in [0.4, 0.5) is 0 Å². The van der Waals surface area contributed by atoms with Gasteiger partial charge in [0.15, 0.2) is 5.82 Å². The average molecular weight is 376 g/mol. The van der Waals surface area contributed by atoms with Crippen LogP contribution in [0.2, 0.25) is 0 Å². The minimum Gasteiger partial charge on any atom is -0.378 e. The fourth-order valence-electron chi connectivity index (χ4n) is 4.18. The monoisotopic (exact) mass is 376 g/mol. The molecule has 4 heterocycles. The number of carbonyl (C=O) groups excluding carboxylic acids is 2. The van der Waals surface area contributed by atoms with Crippen molar-refractivity contribution in [1.82, 2.24) is 30.3 Å². The first-order chi connectivity index (χ1) is 13.2. The van der Waals surface area contributed by atoms with E-state index in [2.05, 4.69) is 25.4 Å². The lowest BCUT2D eigenvalue weighted by atomic mass is 9.88. The molecule has 1 aromatic rings. The number of aromatic nitrogens is 3. The maximum atomic E-state index is 12.7. The summed E-state index contributed by atoms with van der Waals surface area (Å²) >= 11 is 0. The number of hydrogen-bond donors (Lipinski definition) is 2. The molecule has 2 saturated heterocycles. The standard InChI is InChI=1S/C18H28N6O3/c25-17(20-12-16-22-21-15-3-1-2-4-24(15)16)13-9-14(11-19-10-13)18(26)23-5-7-27-8-6-23/h13-14,19H,1-12H2,(H,20,25)/t13-,14-/m1/s1. The Kier molecular flexibility index (Phi) is 5.68. The Morgan fingerprint density at radius 3 is 2.78 bits per heavy atom. The van der Waals surface area contributed by atoms with Gasteiger partial charge in [0.25, 0.3) is 0 Å². The fourth-order valence-corrected chi connectivity index (χ4v) is 4.18. The van der Waals surface area contributed by atoms with Gasteiger partial charge < -0.3 is 24.8 Å². The minimum absolute atomic E-state index is 0.0184. The lowest BCUT2D eigenvalue weighted by Gasteiger charge is -2.34. The molecule has 3 aliphatic rings. The lowest BCUT2D eigenvalue weighted by molar-refractivity contribution is -0.141. The molecule has 2 fully saturated rings. The third-order valence-corrected chi connectivity index (χ3v) is 5.75. The van der Waals surface area contributed by atoms with Crippen molar-refractivity contribution in [3.8, 4) is 0 Å². The van der Waals surface area contributed by atoms with Gasteiger partial charge in [-0.05, 0) is 19.3 Å². The predicted octanol–water partition coefficient (Wildman–Crippen LogP) is -0.685. The Morgan fingerprint density at radius 1 is 1.11 bits per heavy atom. The second kappa shape index (κ2) is 8.35. The number of piperidine rings is 1. The van der Waals surface area contributed by atoms with Crippen LogP contribution in [0, 0.1) is 11.8 Å². The van der Waals surface area contributed by atoms with Crippen LogP contribution >= 0.6 is 0 Å². The van der Waals surface area contributed by atoms with E-state index in [1.54, 1.807) is 0 Å². The third-order valence-electron chi connectivity index (χ3n) is 5.75. The molecule has 9 heteroatoms. The first-order valence-corrected chi connectivity index (χ1v) is 9.98. The zero-order chi connectivity index (χ0) is 18.6. The maximum Gasteiger partial charge on any atom is 0.227 e. The Bertz CT molecular complexity index is 685. The number of nitrogens with one attached hydrogen (secondary N) is 2. The Balaban J connectivity index is 1.30. The number of aryl methyl sites for hydroxylation is 1. The predicted molar refractivity (Wildman–Crippen MR) is 96.7 cm³/mol. The fraction of sp³-hybridized carbons (Fsp3) is 0.778. The molecule has 2 amide bonds. The van der Waals surface area contributed by atoms with Crippen molar-refractivity contribution in [2.24, 2.45) is 11.8 Å². The average Bonchev–Trinajstić information content (AvgIpc) is 3.15. The lowest BCUT2D eigenvalue weighted by Crippen LogP contribution is -2.51. The molecule has 0 radical (unpaired) electrons. The molecule has 0 bridgehead atoms. The molecule has 3 aliphatic heterocycles. The number of amides is 2. The summed E-state index contributed by atoms with van der Waals surface area (Å²) in [6, 6.07) is 0. The van der Waals surface area contributed by atoms with Gasteiger partial charge in [-0.1, -0.05) is 0 Å². The molecular weight excluding hydrogens is 348 g/mol. The summed E-state index contributed by atoms with van der Waals surface area (Å²) in [7, 11) is 0. The molecule has 0 saturated carbocycles. The highest BCUT2D eigenvalue weighted by Crippen LogP contribution is 2.20. The molecule has 9 nitrogen and oxygen atoms in total. The van der Waals surface area contributed by atoms with E-state index in [4.69, 9.17) is 4.74 Å². The normalized spacial score (nSPS) is 25.7. The van der Waals surface area contributed by atoms with Gasteiger partial charge in [0, 0.05) is 39.1 Å². The molecule has 2 N–H and O–H groups in total. The minimum atomic E-state index is -0.197. The molecule has 27 heavy (non-hydrogen) atoms. The first kappa shape index (κ1) is 18.4. The SMILES string of the molecule is O=C(NCc1nnc2n1CCCC2)[C@H]1CNC[C@H](C(=O)N2CCOCC2)C1. The van der Waals surface area contributed by atoms with Crippen LogP contribution in [0.5, 0.6) is 0 Å². The van der Waals surface area contributed by atoms with Gasteiger partial charge in [-0.3, -0.25) is 9.59 Å². The molecular formula is C18H28N6O3. The number of rotatable bonds is 4. The maximum absolute atomic E-state index is 12.7.